The zero-order chi connectivity index (χ0) is 30.4. The molecule has 41 heavy (non-hydrogen) atoms. The molecule has 0 spiro atoms. The predicted octanol–water partition coefficient (Wildman–Crippen LogP) is 0.982. The summed E-state index contributed by atoms with van der Waals surface area (Å²) in [5.41, 5.74) is 7.75. The topological polar surface area (TPSA) is 205 Å². The number of nitrogens with two attached hydrogens (primary N) is 1. The highest BCUT2D eigenvalue weighted by atomic mass is 16.5. The molecule has 2 heterocycles. The number of guanidine groups is 1. The van der Waals surface area contributed by atoms with Crippen molar-refractivity contribution in [1.82, 2.24) is 21.4 Å². The second-order valence-electron chi connectivity index (χ2n) is 10.5. The van der Waals surface area contributed by atoms with Crippen molar-refractivity contribution in [2.24, 2.45) is 23.5 Å². The quantitative estimate of drug-likeness (QED) is 0.0500. The number of ether oxygens (including phenoxy) is 2. The lowest BCUT2D eigenvalue weighted by Gasteiger charge is -2.29. The van der Waals surface area contributed by atoms with Gasteiger partial charge in [0.1, 0.15) is 17.8 Å². The van der Waals surface area contributed by atoms with E-state index in [0.29, 0.717) is 38.2 Å². The van der Waals surface area contributed by atoms with Crippen LogP contribution in [-0.4, -0.2) is 66.7 Å². The molecule has 1 aromatic rings. The second kappa shape index (κ2) is 17.1. The van der Waals surface area contributed by atoms with Crippen LogP contribution in [0.2, 0.25) is 0 Å². The smallest absolute Gasteiger partial charge is 0.328 e. The summed E-state index contributed by atoms with van der Waals surface area (Å²) in [7, 11) is 0. The van der Waals surface area contributed by atoms with Crippen LogP contribution in [0.5, 0.6) is 5.75 Å². The Morgan fingerprint density at radius 3 is 2.54 bits per heavy atom. The Balaban J connectivity index is 2.37. The third-order valence-electron chi connectivity index (χ3n) is 6.79. The van der Waals surface area contributed by atoms with E-state index in [1.54, 1.807) is 36.7 Å². The average molecular weight is 577 g/mol. The number of benzene rings is 1. The molecule has 0 radical (unpaired) electrons. The van der Waals surface area contributed by atoms with Crippen LogP contribution in [0.15, 0.2) is 24.3 Å². The third kappa shape index (κ3) is 11.3. The van der Waals surface area contributed by atoms with Gasteiger partial charge in [0.05, 0.1) is 19.1 Å². The Morgan fingerprint density at radius 1 is 1.22 bits per heavy atom. The van der Waals surface area contributed by atoms with Crippen molar-refractivity contribution in [3.05, 3.63) is 29.8 Å². The number of carbonyl (C=O) groups excluding carboxylic acids is 4. The van der Waals surface area contributed by atoms with Crippen molar-refractivity contribution >= 4 is 29.7 Å². The van der Waals surface area contributed by atoms with Gasteiger partial charge in [-0.05, 0) is 62.6 Å². The number of fused-ring (bicyclic) bond motifs is 11. The summed E-state index contributed by atoms with van der Waals surface area (Å²) in [5.74, 6) is -3.58. The highest BCUT2D eigenvalue weighted by Crippen LogP contribution is 2.27. The van der Waals surface area contributed by atoms with Crippen LogP contribution in [0.4, 0.5) is 0 Å². The monoisotopic (exact) mass is 576 g/mol. The molecule has 8 N–H and O–H groups in total. The number of hydrogen-bond acceptors (Lipinski definition) is 8. The summed E-state index contributed by atoms with van der Waals surface area (Å²) < 4.78 is 10.9. The number of carbonyl (C=O) groups is 4. The fraction of sp³-hybridized carbons (Fsp3) is 0.607. The first-order valence-electron chi connectivity index (χ1n) is 14.1. The SMILES string of the molecule is CCOC(=O)[C@H](CCCNC(=N)N)NC(=O)[C@@H]1Cc2ccc(cc2)OCCC[C@H](C(=O)NO)[C@@H](CC(C)C)C(=O)N1. The van der Waals surface area contributed by atoms with Gasteiger partial charge in [0, 0.05) is 18.9 Å². The van der Waals surface area contributed by atoms with Crippen molar-refractivity contribution in [3.63, 3.8) is 0 Å². The molecule has 0 unspecified atom stereocenters. The molecule has 3 rings (SSSR count). The Hall–Kier alpha value is -3.87. The summed E-state index contributed by atoms with van der Waals surface area (Å²) in [6.45, 7) is 6.27. The molecule has 228 valence electrons. The Kier molecular flexibility index (Phi) is 13.9. The molecular formula is C28H44N6O7. The molecule has 0 fully saturated rings. The highest BCUT2D eigenvalue weighted by Gasteiger charge is 2.36. The van der Waals surface area contributed by atoms with Gasteiger partial charge in [-0.1, -0.05) is 26.0 Å². The molecule has 0 aromatic heterocycles. The van der Waals surface area contributed by atoms with Crippen LogP contribution in [0.25, 0.3) is 0 Å². The lowest BCUT2D eigenvalue weighted by Crippen LogP contribution is -2.55. The molecule has 13 heteroatoms. The largest absolute Gasteiger partial charge is 0.494 e. The van der Waals surface area contributed by atoms with E-state index in [1.807, 2.05) is 13.8 Å². The minimum atomic E-state index is -1.07. The van der Waals surface area contributed by atoms with E-state index in [4.69, 9.17) is 20.6 Å². The maximum atomic E-state index is 13.7. The molecule has 3 amide bonds. The van der Waals surface area contributed by atoms with Gasteiger partial charge in [-0.2, -0.15) is 0 Å². The molecule has 2 bridgehead atoms. The number of nitrogens with one attached hydrogen (secondary N) is 5. The lowest BCUT2D eigenvalue weighted by molar-refractivity contribution is -0.148. The number of hydrogen-bond donors (Lipinski definition) is 7. The van der Waals surface area contributed by atoms with Gasteiger partial charge in [-0.25, -0.2) is 10.3 Å². The summed E-state index contributed by atoms with van der Waals surface area (Å²) in [6, 6.07) is 5.07. The third-order valence-corrected chi connectivity index (χ3v) is 6.79. The lowest BCUT2D eigenvalue weighted by atomic mass is 9.81. The number of hydroxylamine groups is 1. The molecular weight excluding hydrogens is 532 g/mol. The van der Waals surface area contributed by atoms with Gasteiger partial charge in [-0.3, -0.25) is 25.0 Å². The summed E-state index contributed by atoms with van der Waals surface area (Å²) in [4.78, 5) is 52.6. The van der Waals surface area contributed by atoms with E-state index in [-0.39, 0.29) is 37.7 Å². The Morgan fingerprint density at radius 2 is 1.93 bits per heavy atom. The van der Waals surface area contributed by atoms with Gasteiger partial charge < -0.3 is 31.2 Å². The summed E-state index contributed by atoms with van der Waals surface area (Å²) >= 11 is 0. The number of esters is 1. The highest BCUT2D eigenvalue weighted by molar-refractivity contribution is 5.93. The van der Waals surface area contributed by atoms with Crippen LogP contribution in [0.1, 0.15) is 58.4 Å². The van der Waals surface area contributed by atoms with Crippen molar-refractivity contribution < 1.29 is 33.9 Å². The van der Waals surface area contributed by atoms with Crippen molar-refractivity contribution in [3.8, 4) is 5.75 Å². The molecule has 2 aliphatic rings. The fourth-order valence-electron chi connectivity index (χ4n) is 4.79. The molecule has 0 saturated carbocycles. The van der Waals surface area contributed by atoms with E-state index in [2.05, 4.69) is 16.0 Å². The maximum absolute atomic E-state index is 13.7. The van der Waals surface area contributed by atoms with Crippen LogP contribution in [0.3, 0.4) is 0 Å². The van der Waals surface area contributed by atoms with Gasteiger partial charge in [0.15, 0.2) is 5.96 Å². The Labute approximate surface area is 240 Å². The van der Waals surface area contributed by atoms with Crippen molar-refractivity contribution in [2.75, 3.05) is 19.8 Å². The minimum absolute atomic E-state index is 0.0470. The zero-order valence-electron chi connectivity index (χ0n) is 24.0. The normalized spacial score (nSPS) is 20.1. The van der Waals surface area contributed by atoms with E-state index < -0.39 is 47.6 Å². The molecule has 1 aromatic carbocycles. The van der Waals surface area contributed by atoms with Crippen molar-refractivity contribution in [2.45, 2.75) is 71.4 Å². The van der Waals surface area contributed by atoms with E-state index in [1.165, 1.54) is 0 Å². The predicted molar refractivity (Wildman–Crippen MR) is 151 cm³/mol. The minimum Gasteiger partial charge on any atom is -0.494 e. The van der Waals surface area contributed by atoms with Gasteiger partial charge in [-0.15, -0.1) is 0 Å². The van der Waals surface area contributed by atoms with Crippen LogP contribution < -0.4 is 31.9 Å². The van der Waals surface area contributed by atoms with Crippen LogP contribution in [-0.2, 0) is 30.3 Å². The van der Waals surface area contributed by atoms with Crippen molar-refractivity contribution in [1.29, 1.82) is 5.41 Å². The van der Waals surface area contributed by atoms with E-state index in [9.17, 15) is 24.4 Å². The zero-order valence-corrected chi connectivity index (χ0v) is 24.0. The molecule has 2 aliphatic heterocycles. The molecule has 0 saturated heterocycles. The van der Waals surface area contributed by atoms with Gasteiger partial charge >= 0.3 is 5.97 Å². The van der Waals surface area contributed by atoms with Crippen LogP contribution in [0, 0.1) is 23.2 Å². The summed E-state index contributed by atoms with van der Waals surface area (Å²) in [5, 5.41) is 24.9. The Bertz CT molecular complexity index is 1030. The second-order valence-corrected chi connectivity index (χ2v) is 10.5. The van der Waals surface area contributed by atoms with E-state index in [0.717, 1.165) is 5.56 Å². The first-order chi connectivity index (χ1) is 19.5. The average Bonchev–Trinajstić information content (AvgIpc) is 2.93. The first-order valence-corrected chi connectivity index (χ1v) is 14.1. The molecule has 4 atom stereocenters. The first kappa shape index (κ1) is 33.3. The number of amides is 3. The van der Waals surface area contributed by atoms with Crippen LogP contribution >= 0.6 is 0 Å². The number of rotatable bonds is 11. The van der Waals surface area contributed by atoms with Gasteiger partial charge in [0.2, 0.25) is 17.7 Å². The molecule has 0 aliphatic carbocycles. The van der Waals surface area contributed by atoms with E-state index >= 15 is 0 Å². The molecule has 13 nitrogen and oxygen atoms in total. The summed E-state index contributed by atoms with van der Waals surface area (Å²) in [6.07, 6.45) is 1.84. The standard InChI is InChI=1S/C28H44N6O7/c1-4-40-27(38)22(8-5-13-31-28(29)30)32-26(37)23-16-18-9-11-19(12-10-18)41-14-6-7-20(25(36)34-39)21(15-17(2)3)24(35)33-23/h9-12,17,20-23,39H,4-8,13-16H2,1-3H3,(H,32,37)(H,33,35)(H,34,36)(H4,29,30,31)/t20-,21+,22-,23-/m0/s1. The fourth-order valence-corrected chi connectivity index (χ4v) is 4.79. The maximum Gasteiger partial charge on any atom is 0.328 e. The van der Waals surface area contributed by atoms with Gasteiger partial charge in [0.25, 0.3) is 0 Å².